The van der Waals surface area contributed by atoms with Crippen molar-refractivity contribution in [2.45, 2.75) is 19.9 Å². The summed E-state index contributed by atoms with van der Waals surface area (Å²) in [5, 5.41) is 0. The third-order valence-electron chi connectivity index (χ3n) is 5.57. The van der Waals surface area contributed by atoms with Gasteiger partial charge in [0.1, 0.15) is 5.56 Å². The number of hydrogen-bond donors (Lipinski definition) is 0. The highest BCUT2D eigenvalue weighted by Crippen LogP contribution is 2.33. The van der Waals surface area contributed by atoms with Crippen molar-refractivity contribution in [2.75, 3.05) is 13.3 Å². The highest BCUT2D eigenvalue weighted by molar-refractivity contribution is 5.95. The first-order valence-electron chi connectivity index (χ1n) is 9.60. The minimum Gasteiger partial charge on any atom is -0.454 e. The second-order valence-corrected chi connectivity index (χ2v) is 7.33. The lowest BCUT2D eigenvalue weighted by molar-refractivity contribution is 0.0731. The molecular weight excluding hydrogens is 368 g/mol. The van der Waals surface area contributed by atoms with Crippen molar-refractivity contribution in [1.82, 2.24) is 9.47 Å². The summed E-state index contributed by atoms with van der Waals surface area (Å²) in [6, 6.07) is 15.2. The first kappa shape index (κ1) is 17.6. The molecule has 0 radical (unpaired) electrons. The van der Waals surface area contributed by atoms with Crippen LogP contribution in [0.15, 0.2) is 59.5 Å². The van der Waals surface area contributed by atoms with E-state index < -0.39 is 0 Å². The summed E-state index contributed by atoms with van der Waals surface area (Å²) in [5.41, 5.74) is 3.60. The Bertz CT molecular complexity index is 1180. The van der Waals surface area contributed by atoms with E-state index >= 15 is 0 Å². The summed E-state index contributed by atoms with van der Waals surface area (Å²) in [5.74, 6) is 1.02. The Labute approximate surface area is 167 Å². The van der Waals surface area contributed by atoms with Crippen LogP contribution in [0.5, 0.6) is 11.5 Å². The Balaban J connectivity index is 1.52. The van der Waals surface area contributed by atoms with Crippen LogP contribution in [0.2, 0.25) is 0 Å². The molecule has 0 saturated heterocycles. The van der Waals surface area contributed by atoms with Crippen LogP contribution in [0.1, 0.15) is 27.0 Å². The summed E-state index contributed by atoms with van der Waals surface area (Å²) in [6.07, 6.45) is 2.49. The number of rotatable bonds is 2. The first-order chi connectivity index (χ1) is 14.1. The molecule has 3 heterocycles. The molecule has 1 amide bonds. The fraction of sp³-hybridized carbons (Fsp3) is 0.217. The maximum absolute atomic E-state index is 13.3. The zero-order valence-corrected chi connectivity index (χ0v) is 16.1. The van der Waals surface area contributed by atoms with Crippen molar-refractivity contribution in [3.63, 3.8) is 0 Å². The monoisotopic (exact) mass is 388 g/mol. The highest BCUT2D eigenvalue weighted by Gasteiger charge is 2.26. The standard InChI is InChI=1S/C23H20N2O4/c1-15-8-11-25(18-6-7-19-20(12-18)29-14-28-19)23(27)21(15)22(26)24-10-9-16-4-2-3-5-17(16)13-24/h2-8,11-12H,9-10,13-14H2,1H3. The van der Waals surface area contributed by atoms with Crippen LogP contribution in [0.3, 0.4) is 0 Å². The Hall–Kier alpha value is -3.54. The van der Waals surface area contributed by atoms with Crippen LogP contribution in [-0.2, 0) is 13.0 Å². The average molecular weight is 388 g/mol. The molecule has 2 aliphatic rings. The fourth-order valence-electron chi connectivity index (χ4n) is 3.95. The molecule has 1 aromatic heterocycles. The lowest BCUT2D eigenvalue weighted by atomic mass is 9.99. The summed E-state index contributed by atoms with van der Waals surface area (Å²) in [4.78, 5) is 28.3. The van der Waals surface area contributed by atoms with Gasteiger partial charge in [-0.25, -0.2) is 0 Å². The predicted octanol–water partition coefficient (Wildman–Crippen LogP) is 3.07. The fourth-order valence-corrected chi connectivity index (χ4v) is 3.95. The summed E-state index contributed by atoms with van der Waals surface area (Å²) in [7, 11) is 0. The van der Waals surface area contributed by atoms with Crippen LogP contribution >= 0.6 is 0 Å². The van der Waals surface area contributed by atoms with E-state index in [4.69, 9.17) is 9.47 Å². The van der Waals surface area contributed by atoms with Gasteiger partial charge in [0.2, 0.25) is 6.79 Å². The maximum atomic E-state index is 13.3. The molecule has 5 rings (SSSR count). The first-order valence-corrected chi connectivity index (χ1v) is 9.60. The van der Waals surface area contributed by atoms with Gasteiger partial charge in [0.15, 0.2) is 11.5 Å². The van der Waals surface area contributed by atoms with E-state index in [1.54, 1.807) is 42.3 Å². The third-order valence-corrected chi connectivity index (χ3v) is 5.57. The number of pyridine rings is 1. The molecule has 0 unspecified atom stereocenters. The SMILES string of the molecule is Cc1ccn(-c2ccc3c(c2)OCO3)c(=O)c1C(=O)N1CCc2ccccc2C1. The number of amides is 1. The van der Waals surface area contributed by atoms with E-state index in [1.807, 2.05) is 18.2 Å². The second-order valence-electron chi connectivity index (χ2n) is 7.33. The molecule has 0 saturated carbocycles. The number of nitrogens with zero attached hydrogens (tertiary/aromatic N) is 2. The second kappa shape index (κ2) is 6.81. The van der Waals surface area contributed by atoms with Gasteiger partial charge >= 0.3 is 0 Å². The van der Waals surface area contributed by atoms with Crippen LogP contribution in [0, 0.1) is 6.92 Å². The van der Waals surface area contributed by atoms with E-state index in [0.717, 1.165) is 12.0 Å². The molecule has 3 aromatic rings. The number of benzene rings is 2. The van der Waals surface area contributed by atoms with Crippen molar-refractivity contribution in [3.8, 4) is 17.2 Å². The van der Waals surface area contributed by atoms with Crippen LogP contribution in [-0.4, -0.2) is 28.7 Å². The molecule has 2 aromatic carbocycles. The Kier molecular flexibility index (Phi) is 4.12. The van der Waals surface area contributed by atoms with Crippen molar-refractivity contribution in [3.05, 3.63) is 87.3 Å². The average Bonchev–Trinajstić information content (AvgIpc) is 3.21. The summed E-state index contributed by atoms with van der Waals surface area (Å²) < 4.78 is 12.2. The molecule has 6 nitrogen and oxygen atoms in total. The minimum atomic E-state index is -0.326. The summed E-state index contributed by atoms with van der Waals surface area (Å²) >= 11 is 0. The number of aromatic nitrogens is 1. The molecule has 29 heavy (non-hydrogen) atoms. The molecule has 0 N–H and O–H groups in total. The van der Waals surface area contributed by atoms with Crippen LogP contribution in [0.25, 0.3) is 5.69 Å². The van der Waals surface area contributed by atoms with Gasteiger partial charge in [0.25, 0.3) is 11.5 Å². The largest absolute Gasteiger partial charge is 0.454 e. The molecule has 146 valence electrons. The predicted molar refractivity (Wildman–Crippen MR) is 108 cm³/mol. The van der Waals surface area contributed by atoms with E-state index in [2.05, 4.69) is 6.07 Å². The zero-order valence-electron chi connectivity index (χ0n) is 16.1. The van der Waals surface area contributed by atoms with E-state index in [9.17, 15) is 9.59 Å². The van der Waals surface area contributed by atoms with Crippen molar-refractivity contribution in [2.24, 2.45) is 0 Å². The van der Waals surface area contributed by atoms with Gasteiger partial charge in [-0.3, -0.25) is 14.2 Å². The smallest absolute Gasteiger partial charge is 0.268 e. The minimum absolute atomic E-state index is 0.168. The molecule has 2 aliphatic heterocycles. The summed E-state index contributed by atoms with van der Waals surface area (Å²) in [6.45, 7) is 3.10. The molecule has 6 heteroatoms. The number of fused-ring (bicyclic) bond motifs is 2. The number of hydrogen-bond acceptors (Lipinski definition) is 4. The van der Waals surface area contributed by atoms with Gasteiger partial charge in [-0.2, -0.15) is 0 Å². The maximum Gasteiger partial charge on any atom is 0.268 e. The van der Waals surface area contributed by atoms with Crippen molar-refractivity contribution >= 4 is 5.91 Å². The quantitative estimate of drug-likeness (QED) is 0.677. The molecule has 0 aliphatic carbocycles. The molecule has 0 fully saturated rings. The van der Waals surface area contributed by atoms with Gasteiger partial charge in [0, 0.05) is 25.4 Å². The van der Waals surface area contributed by atoms with E-state index in [-0.39, 0.29) is 23.8 Å². The lowest BCUT2D eigenvalue weighted by Crippen LogP contribution is -2.40. The van der Waals surface area contributed by atoms with Crippen LogP contribution in [0.4, 0.5) is 0 Å². The number of carbonyl (C=O) groups is 1. The molecule has 0 spiro atoms. The van der Waals surface area contributed by atoms with Gasteiger partial charge in [-0.1, -0.05) is 24.3 Å². The zero-order chi connectivity index (χ0) is 20.0. The lowest BCUT2D eigenvalue weighted by Gasteiger charge is -2.29. The Morgan fingerprint density at radius 1 is 1.00 bits per heavy atom. The highest BCUT2D eigenvalue weighted by atomic mass is 16.7. The van der Waals surface area contributed by atoms with Crippen LogP contribution < -0.4 is 15.0 Å². The molecule has 0 bridgehead atoms. The number of ether oxygens (including phenoxy) is 2. The Morgan fingerprint density at radius 2 is 1.79 bits per heavy atom. The van der Waals surface area contributed by atoms with Crippen molar-refractivity contribution in [1.29, 1.82) is 0 Å². The van der Waals surface area contributed by atoms with Crippen molar-refractivity contribution < 1.29 is 14.3 Å². The number of carbonyl (C=O) groups excluding carboxylic acids is 1. The van der Waals surface area contributed by atoms with E-state index in [1.165, 1.54) is 10.1 Å². The van der Waals surface area contributed by atoms with Gasteiger partial charge in [0.05, 0.1) is 5.69 Å². The van der Waals surface area contributed by atoms with Gasteiger partial charge < -0.3 is 14.4 Å². The molecular formula is C23H20N2O4. The normalized spacial score (nSPS) is 14.6. The molecule has 0 atom stereocenters. The third kappa shape index (κ3) is 2.97. The van der Waals surface area contributed by atoms with Gasteiger partial charge in [-0.05, 0) is 48.2 Å². The Morgan fingerprint density at radius 3 is 2.66 bits per heavy atom. The topological polar surface area (TPSA) is 60.8 Å². The number of aryl methyl sites for hydroxylation is 1. The van der Waals surface area contributed by atoms with E-state index in [0.29, 0.717) is 35.8 Å². The van der Waals surface area contributed by atoms with Gasteiger partial charge in [-0.15, -0.1) is 0 Å².